The topological polar surface area (TPSA) is 38.4 Å². The molecule has 0 atom stereocenters. The third kappa shape index (κ3) is 4.56. The van der Waals surface area contributed by atoms with Crippen molar-refractivity contribution in [3.8, 4) is 0 Å². The molecule has 19 heavy (non-hydrogen) atoms. The number of nitrogens with two attached hydrogens (primary N) is 1. The highest BCUT2D eigenvalue weighted by molar-refractivity contribution is 9.10. The average molecular weight is 356 g/mol. The Bertz CT molecular complexity index is 584. The maximum Gasteiger partial charge on any atom is 0.159 e. The van der Waals surface area contributed by atoms with Crippen LogP contribution in [0.15, 0.2) is 58.0 Å². The lowest BCUT2D eigenvalue weighted by Crippen LogP contribution is -2.06. The minimum atomic E-state index is 0.540. The van der Waals surface area contributed by atoms with Crippen molar-refractivity contribution in [2.75, 3.05) is 0 Å². The Hall–Kier alpha value is -0.970. The molecule has 0 aliphatic rings. The summed E-state index contributed by atoms with van der Waals surface area (Å²) in [6.07, 6.45) is 0. The van der Waals surface area contributed by atoms with Gasteiger partial charge in [0.25, 0.3) is 0 Å². The molecule has 5 heteroatoms. The van der Waals surface area contributed by atoms with E-state index in [2.05, 4.69) is 27.0 Å². The molecule has 2 N–H and O–H groups in total. The Balaban J connectivity index is 1.99. The van der Waals surface area contributed by atoms with E-state index in [9.17, 15) is 0 Å². The van der Waals surface area contributed by atoms with Gasteiger partial charge in [-0.3, -0.25) is 0 Å². The van der Waals surface area contributed by atoms with Gasteiger partial charge in [0, 0.05) is 15.2 Å². The van der Waals surface area contributed by atoms with Crippen molar-refractivity contribution in [2.45, 2.75) is 5.75 Å². The average Bonchev–Trinajstić information content (AvgIpc) is 2.40. The quantitative estimate of drug-likeness (QED) is 0.622. The van der Waals surface area contributed by atoms with Gasteiger partial charge in [-0.15, -0.1) is 0 Å². The third-order valence-corrected chi connectivity index (χ3v) is 4.27. The van der Waals surface area contributed by atoms with Crippen molar-refractivity contribution < 1.29 is 0 Å². The van der Waals surface area contributed by atoms with E-state index < -0.39 is 0 Å². The molecular formula is C14H12BrClN2S. The van der Waals surface area contributed by atoms with Crippen molar-refractivity contribution in [1.82, 2.24) is 0 Å². The molecule has 0 amide bonds. The van der Waals surface area contributed by atoms with Crippen LogP contribution in [0.5, 0.6) is 0 Å². The van der Waals surface area contributed by atoms with E-state index in [0.717, 1.165) is 15.9 Å². The molecule has 0 spiro atoms. The van der Waals surface area contributed by atoms with Crippen molar-refractivity contribution >= 4 is 50.1 Å². The van der Waals surface area contributed by atoms with Crippen LogP contribution >= 0.6 is 39.3 Å². The van der Waals surface area contributed by atoms with E-state index in [1.807, 2.05) is 30.3 Å². The number of aliphatic imine (C=N–C) groups is 1. The number of hydrogen-bond donors (Lipinski definition) is 1. The zero-order valence-corrected chi connectivity index (χ0v) is 13.2. The van der Waals surface area contributed by atoms with Gasteiger partial charge in [-0.05, 0) is 35.9 Å². The smallest absolute Gasteiger partial charge is 0.159 e. The molecule has 98 valence electrons. The van der Waals surface area contributed by atoms with E-state index >= 15 is 0 Å². The Morgan fingerprint density at radius 2 is 1.84 bits per heavy atom. The third-order valence-electron chi connectivity index (χ3n) is 2.40. The fourth-order valence-corrected chi connectivity index (χ4v) is 2.90. The molecule has 0 unspecified atom stereocenters. The maximum atomic E-state index is 5.91. The predicted molar refractivity (Wildman–Crippen MR) is 88.2 cm³/mol. The van der Waals surface area contributed by atoms with Crippen LogP contribution in [0.1, 0.15) is 5.56 Å². The number of hydrogen-bond acceptors (Lipinski definition) is 2. The predicted octanol–water partition coefficient (Wildman–Crippen LogP) is 4.98. The molecule has 0 aliphatic heterocycles. The van der Waals surface area contributed by atoms with Crippen molar-refractivity contribution in [3.63, 3.8) is 0 Å². The number of amidine groups is 1. The highest BCUT2D eigenvalue weighted by atomic mass is 79.9. The van der Waals surface area contributed by atoms with Crippen LogP contribution < -0.4 is 5.73 Å². The molecule has 2 aromatic rings. The van der Waals surface area contributed by atoms with Gasteiger partial charge in [0.15, 0.2) is 5.17 Å². The summed E-state index contributed by atoms with van der Waals surface area (Å²) in [5, 5.41) is 1.23. The molecule has 0 fully saturated rings. The van der Waals surface area contributed by atoms with Gasteiger partial charge in [-0.25, -0.2) is 4.99 Å². The first-order valence-corrected chi connectivity index (χ1v) is 7.77. The van der Waals surface area contributed by atoms with Gasteiger partial charge in [-0.1, -0.05) is 57.5 Å². The second kappa shape index (κ2) is 6.98. The van der Waals surface area contributed by atoms with Gasteiger partial charge >= 0.3 is 0 Å². The fraction of sp³-hybridized carbons (Fsp3) is 0.0714. The molecule has 2 rings (SSSR count). The first-order chi connectivity index (χ1) is 9.15. The van der Waals surface area contributed by atoms with Crippen LogP contribution in [-0.2, 0) is 5.75 Å². The second-order valence-corrected chi connectivity index (χ2v) is 6.09. The summed E-state index contributed by atoms with van der Waals surface area (Å²) >= 11 is 10.8. The molecule has 0 aliphatic carbocycles. The summed E-state index contributed by atoms with van der Waals surface area (Å²) < 4.78 is 1.08. The largest absolute Gasteiger partial charge is 0.378 e. The van der Waals surface area contributed by atoms with E-state index in [-0.39, 0.29) is 0 Å². The second-order valence-electron chi connectivity index (χ2n) is 3.81. The number of thioether (sulfide) groups is 1. The van der Waals surface area contributed by atoms with E-state index in [1.165, 1.54) is 17.3 Å². The highest BCUT2D eigenvalue weighted by Crippen LogP contribution is 2.23. The number of nitrogens with zero attached hydrogens (tertiary/aromatic N) is 1. The van der Waals surface area contributed by atoms with E-state index in [4.69, 9.17) is 17.3 Å². The van der Waals surface area contributed by atoms with Gasteiger partial charge < -0.3 is 5.73 Å². The summed E-state index contributed by atoms with van der Waals surface area (Å²) in [5.41, 5.74) is 7.91. The summed E-state index contributed by atoms with van der Waals surface area (Å²) in [6.45, 7) is 0. The first-order valence-electron chi connectivity index (χ1n) is 5.61. The normalized spacial score (nSPS) is 11.6. The van der Waals surface area contributed by atoms with Crippen molar-refractivity contribution in [3.05, 3.63) is 63.6 Å². The SMILES string of the molecule is NC(=Nc1ccc(Cl)cc1)SCc1ccccc1Br. The van der Waals surface area contributed by atoms with Crippen LogP contribution in [0, 0.1) is 0 Å². The number of rotatable bonds is 3. The molecule has 2 nitrogen and oxygen atoms in total. The summed E-state index contributed by atoms with van der Waals surface area (Å²) in [4.78, 5) is 4.33. The van der Waals surface area contributed by atoms with Crippen molar-refractivity contribution in [1.29, 1.82) is 0 Å². The Morgan fingerprint density at radius 1 is 1.16 bits per heavy atom. The number of halogens is 2. The molecular weight excluding hydrogens is 344 g/mol. The minimum absolute atomic E-state index is 0.540. The van der Waals surface area contributed by atoms with E-state index in [1.54, 1.807) is 12.1 Å². The molecule has 0 saturated heterocycles. The van der Waals surface area contributed by atoms with Crippen LogP contribution in [0.3, 0.4) is 0 Å². The lowest BCUT2D eigenvalue weighted by atomic mass is 10.2. The standard InChI is InChI=1S/C14H12BrClN2S/c15-13-4-2-1-3-10(13)9-19-14(17)18-12-7-5-11(16)6-8-12/h1-8H,9H2,(H2,17,18). The van der Waals surface area contributed by atoms with Gasteiger partial charge in [-0.2, -0.15) is 0 Å². The molecule has 0 radical (unpaired) electrons. The molecule has 0 aromatic heterocycles. The Kier molecular flexibility index (Phi) is 5.31. The van der Waals surface area contributed by atoms with Crippen molar-refractivity contribution in [2.24, 2.45) is 10.7 Å². The maximum absolute atomic E-state index is 5.91. The summed E-state index contributed by atoms with van der Waals surface area (Å²) in [6, 6.07) is 15.4. The number of benzene rings is 2. The summed E-state index contributed by atoms with van der Waals surface area (Å²) in [7, 11) is 0. The Morgan fingerprint density at radius 3 is 2.53 bits per heavy atom. The van der Waals surface area contributed by atoms with Crippen LogP contribution in [0.2, 0.25) is 5.02 Å². The first kappa shape index (κ1) is 14.4. The minimum Gasteiger partial charge on any atom is -0.378 e. The molecule has 0 bridgehead atoms. The Labute approximate surface area is 130 Å². The molecule has 2 aromatic carbocycles. The molecule has 0 saturated carbocycles. The summed E-state index contributed by atoms with van der Waals surface area (Å²) in [5.74, 6) is 0.782. The van der Waals surface area contributed by atoms with Gasteiger partial charge in [0.1, 0.15) is 0 Å². The highest BCUT2D eigenvalue weighted by Gasteiger charge is 2.01. The zero-order valence-electron chi connectivity index (χ0n) is 10.0. The monoisotopic (exact) mass is 354 g/mol. The van der Waals surface area contributed by atoms with Crippen LogP contribution in [-0.4, -0.2) is 5.17 Å². The van der Waals surface area contributed by atoms with Crippen LogP contribution in [0.25, 0.3) is 0 Å². The lowest BCUT2D eigenvalue weighted by Gasteiger charge is -2.04. The van der Waals surface area contributed by atoms with Crippen LogP contribution in [0.4, 0.5) is 5.69 Å². The van der Waals surface area contributed by atoms with Gasteiger partial charge in [0.05, 0.1) is 5.69 Å². The molecule has 0 heterocycles. The lowest BCUT2D eigenvalue weighted by molar-refractivity contribution is 1.39. The van der Waals surface area contributed by atoms with E-state index in [0.29, 0.717) is 10.2 Å². The van der Waals surface area contributed by atoms with Gasteiger partial charge in [0.2, 0.25) is 0 Å². The zero-order chi connectivity index (χ0) is 13.7. The fourth-order valence-electron chi connectivity index (χ4n) is 1.44.